The number of aliphatic hydroxyl groups is 1. The van der Waals surface area contributed by atoms with Crippen LogP contribution in [0.5, 0.6) is 0 Å². The Kier molecular flexibility index (Phi) is 9.86. The van der Waals surface area contributed by atoms with E-state index in [0.29, 0.717) is 18.7 Å². The predicted octanol–water partition coefficient (Wildman–Crippen LogP) is 4.24. The van der Waals surface area contributed by atoms with Gasteiger partial charge in [-0.1, -0.05) is 71.6 Å². The first-order valence-electron chi connectivity index (χ1n) is 12.3. The fraction of sp³-hybridized carbons (Fsp3) is 0.407. The Hall–Kier alpha value is -2.83. The molecular formula is C27H31N3O6S2. The molecule has 2 N–H and O–H groups in total. The summed E-state index contributed by atoms with van der Waals surface area (Å²) in [6, 6.07) is 15.5. The van der Waals surface area contributed by atoms with E-state index >= 15 is 0 Å². The second kappa shape index (κ2) is 13.3. The third-order valence-electron chi connectivity index (χ3n) is 5.95. The average molecular weight is 558 g/mol. The maximum atomic E-state index is 12.1. The molecule has 11 heteroatoms. The summed E-state index contributed by atoms with van der Waals surface area (Å²) in [4.78, 5) is 23.2. The first-order chi connectivity index (χ1) is 18.3. The predicted molar refractivity (Wildman–Crippen MR) is 143 cm³/mol. The van der Waals surface area contributed by atoms with Gasteiger partial charge in [0.1, 0.15) is 5.01 Å². The zero-order valence-electron chi connectivity index (χ0n) is 21.5. The highest BCUT2D eigenvalue weighted by Gasteiger charge is 2.32. The summed E-state index contributed by atoms with van der Waals surface area (Å²) in [6.45, 7) is 5.04. The molecule has 3 aromatic rings. The lowest BCUT2D eigenvalue weighted by Gasteiger charge is -2.36. The van der Waals surface area contributed by atoms with Gasteiger partial charge >= 0.3 is 5.97 Å². The van der Waals surface area contributed by atoms with Crippen LogP contribution in [0.4, 0.5) is 0 Å². The Bertz CT molecular complexity index is 1220. The topological polar surface area (TPSA) is 120 Å². The molecular weight excluding hydrogens is 526 g/mol. The van der Waals surface area contributed by atoms with Gasteiger partial charge in [-0.2, -0.15) is 0 Å². The van der Waals surface area contributed by atoms with Crippen molar-refractivity contribution in [2.24, 2.45) is 0 Å². The number of aryl methyl sites for hydroxylation is 1. The number of hydrogen-bond acceptors (Lipinski definition) is 10. The van der Waals surface area contributed by atoms with Crippen molar-refractivity contribution in [1.29, 1.82) is 0 Å². The minimum Gasteiger partial charge on any atom is -0.453 e. The van der Waals surface area contributed by atoms with Gasteiger partial charge in [0.25, 0.3) is 5.91 Å². The fourth-order valence-corrected chi connectivity index (χ4v) is 5.81. The van der Waals surface area contributed by atoms with Crippen molar-refractivity contribution in [3.05, 3.63) is 75.8 Å². The number of aliphatic hydroxyl groups excluding tert-OH is 1. The summed E-state index contributed by atoms with van der Waals surface area (Å²) >= 11 is 3.19. The van der Waals surface area contributed by atoms with E-state index in [4.69, 9.17) is 14.2 Å². The molecule has 0 spiro atoms. The minimum absolute atomic E-state index is 0.00641. The van der Waals surface area contributed by atoms with Crippen LogP contribution in [-0.4, -0.2) is 45.1 Å². The van der Waals surface area contributed by atoms with Crippen LogP contribution in [0.3, 0.4) is 0 Å². The molecule has 2 aromatic carbocycles. The number of amides is 1. The van der Waals surface area contributed by atoms with Crippen molar-refractivity contribution >= 4 is 35.0 Å². The Morgan fingerprint density at radius 1 is 1.11 bits per heavy atom. The number of carbonyl (C=O) groups excluding carboxylic acids is 2. The number of nitrogens with zero attached hydrogens (tertiary/aromatic N) is 2. The summed E-state index contributed by atoms with van der Waals surface area (Å²) in [6.07, 6.45) is -0.986. The van der Waals surface area contributed by atoms with E-state index in [2.05, 4.69) is 15.5 Å². The minimum atomic E-state index is -0.849. The van der Waals surface area contributed by atoms with Crippen LogP contribution in [0.15, 0.2) is 52.9 Å². The zero-order valence-corrected chi connectivity index (χ0v) is 23.1. The largest absolute Gasteiger partial charge is 0.453 e. The fourth-order valence-electron chi connectivity index (χ4n) is 3.95. The molecule has 0 unspecified atom stereocenters. The van der Waals surface area contributed by atoms with Crippen molar-refractivity contribution in [2.75, 3.05) is 5.75 Å². The standard InChI is InChI=1S/C27H31N3O6S2/c1-16(34-18(3)32)25(33)28-13-19-4-10-22(11-5-19)26-35-23(15-37-27-30-29-17(2)38-27)12-24(36-26)21-8-6-20(14-31)7-9-21/h4-11,16,23-24,26,31H,12-15H2,1-3H3,(H,28,33)/t16-,23+,24-,26-/m0/s1. The van der Waals surface area contributed by atoms with Crippen LogP contribution in [0.25, 0.3) is 0 Å². The number of esters is 1. The number of aromatic nitrogens is 2. The second-order valence-corrected chi connectivity index (χ2v) is 11.4. The summed E-state index contributed by atoms with van der Waals surface area (Å²) in [7, 11) is 0. The first kappa shape index (κ1) is 28.2. The highest BCUT2D eigenvalue weighted by atomic mass is 32.2. The Balaban J connectivity index is 1.43. The summed E-state index contributed by atoms with van der Waals surface area (Å²) in [5.41, 5.74) is 3.63. The molecule has 9 nitrogen and oxygen atoms in total. The van der Waals surface area contributed by atoms with Crippen LogP contribution < -0.4 is 5.32 Å². The molecule has 1 aliphatic heterocycles. The van der Waals surface area contributed by atoms with Gasteiger partial charge in [-0.05, 0) is 30.5 Å². The van der Waals surface area contributed by atoms with E-state index in [1.165, 1.54) is 13.8 Å². The Morgan fingerprint density at radius 2 is 1.79 bits per heavy atom. The normalized spacial score (nSPS) is 20.1. The molecule has 4 atom stereocenters. The van der Waals surface area contributed by atoms with Crippen molar-refractivity contribution < 1.29 is 28.9 Å². The van der Waals surface area contributed by atoms with Gasteiger partial charge in [-0.25, -0.2) is 0 Å². The van der Waals surface area contributed by atoms with Crippen LogP contribution in [0.2, 0.25) is 0 Å². The molecule has 1 aromatic heterocycles. The molecule has 0 radical (unpaired) electrons. The van der Waals surface area contributed by atoms with Crippen LogP contribution in [0, 0.1) is 6.92 Å². The summed E-state index contributed by atoms with van der Waals surface area (Å²) < 4.78 is 18.6. The number of ether oxygens (including phenoxy) is 3. The van der Waals surface area contributed by atoms with Crippen molar-refractivity contribution in [3.63, 3.8) is 0 Å². The molecule has 2 heterocycles. The lowest BCUT2D eigenvalue weighted by atomic mass is 10.0. The number of nitrogens with one attached hydrogen (secondary N) is 1. The maximum Gasteiger partial charge on any atom is 0.303 e. The zero-order chi connectivity index (χ0) is 27.1. The summed E-state index contributed by atoms with van der Waals surface area (Å²) in [5, 5.41) is 21.4. The van der Waals surface area contributed by atoms with Crippen molar-refractivity contribution in [3.8, 4) is 0 Å². The smallest absolute Gasteiger partial charge is 0.303 e. The number of rotatable bonds is 10. The highest BCUT2D eigenvalue weighted by Crippen LogP contribution is 2.39. The SMILES string of the molecule is CC(=O)O[C@@H](C)C(=O)NCc1ccc([C@H]2O[C@@H](CSc3nnc(C)s3)C[C@@H](c3ccc(CO)cc3)O2)cc1. The molecule has 202 valence electrons. The van der Waals surface area contributed by atoms with E-state index in [1.54, 1.807) is 23.1 Å². The monoisotopic (exact) mass is 557 g/mol. The van der Waals surface area contributed by atoms with Crippen LogP contribution in [-0.2, 0) is 37.0 Å². The first-order valence-corrected chi connectivity index (χ1v) is 14.1. The third-order valence-corrected chi connectivity index (χ3v) is 8.05. The number of benzene rings is 2. The van der Waals surface area contributed by atoms with Crippen LogP contribution in [0.1, 0.15) is 59.9 Å². The van der Waals surface area contributed by atoms with Gasteiger partial charge in [-0.15, -0.1) is 10.2 Å². The number of hydrogen-bond donors (Lipinski definition) is 2. The molecule has 4 rings (SSSR count). The van der Waals surface area contributed by atoms with Gasteiger partial charge in [0.15, 0.2) is 16.7 Å². The molecule has 0 bridgehead atoms. The maximum absolute atomic E-state index is 12.1. The van der Waals surface area contributed by atoms with Gasteiger partial charge in [-0.3, -0.25) is 9.59 Å². The van der Waals surface area contributed by atoms with Crippen molar-refractivity contribution in [2.45, 2.75) is 69.3 Å². The number of thioether (sulfide) groups is 1. The highest BCUT2D eigenvalue weighted by molar-refractivity contribution is 8.01. The average Bonchev–Trinajstić information content (AvgIpc) is 3.35. The summed E-state index contributed by atoms with van der Waals surface area (Å²) in [5.74, 6) is -0.142. The molecule has 1 aliphatic rings. The van der Waals surface area contributed by atoms with Gasteiger partial charge in [0.05, 0.1) is 18.8 Å². The third kappa shape index (κ3) is 7.84. The van der Waals surface area contributed by atoms with Gasteiger partial charge < -0.3 is 24.6 Å². The molecule has 1 saturated heterocycles. The van der Waals surface area contributed by atoms with E-state index in [-0.39, 0.29) is 24.7 Å². The van der Waals surface area contributed by atoms with Crippen LogP contribution >= 0.6 is 23.1 Å². The van der Waals surface area contributed by atoms with Crippen molar-refractivity contribution in [1.82, 2.24) is 15.5 Å². The molecule has 0 saturated carbocycles. The molecule has 0 aliphatic carbocycles. The molecule has 1 amide bonds. The molecule has 1 fully saturated rings. The van der Waals surface area contributed by atoms with E-state index < -0.39 is 18.4 Å². The Morgan fingerprint density at radius 3 is 2.42 bits per heavy atom. The lowest BCUT2D eigenvalue weighted by Crippen LogP contribution is -2.35. The van der Waals surface area contributed by atoms with E-state index in [0.717, 1.165) is 31.6 Å². The van der Waals surface area contributed by atoms with Gasteiger partial charge in [0.2, 0.25) is 0 Å². The quantitative estimate of drug-likeness (QED) is 0.279. The lowest BCUT2D eigenvalue weighted by molar-refractivity contribution is -0.245. The second-order valence-electron chi connectivity index (χ2n) is 8.96. The molecule has 38 heavy (non-hydrogen) atoms. The number of carbonyl (C=O) groups is 2. The Labute approximate surface area is 229 Å². The van der Waals surface area contributed by atoms with Gasteiger partial charge in [0, 0.05) is 31.2 Å². The van der Waals surface area contributed by atoms with E-state index in [9.17, 15) is 14.7 Å². The van der Waals surface area contributed by atoms with E-state index in [1.807, 2.05) is 55.5 Å².